The molecule has 0 aliphatic heterocycles. The van der Waals surface area contributed by atoms with Crippen molar-refractivity contribution in [1.29, 1.82) is 0 Å². The van der Waals surface area contributed by atoms with Gasteiger partial charge in [-0.1, -0.05) is 0 Å². The van der Waals surface area contributed by atoms with E-state index in [1.807, 2.05) is 6.26 Å². The van der Waals surface area contributed by atoms with Crippen LogP contribution < -0.4 is 5.32 Å². The topological polar surface area (TPSA) is 49.3 Å². The molecule has 0 aliphatic carbocycles. The molecule has 0 aromatic rings. The van der Waals surface area contributed by atoms with E-state index in [1.165, 1.54) is 0 Å². The molecule has 0 rings (SSSR count). The van der Waals surface area contributed by atoms with Crippen molar-refractivity contribution in [3.63, 3.8) is 0 Å². The minimum absolute atomic E-state index is 0.250. The third kappa shape index (κ3) is 3.74. The maximum atomic E-state index is 10.4. The number of hydrogen-bond acceptors (Lipinski definition) is 3. The summed E-state index contributed by atoms with van der Waals surface area (Å²) in [7, 11) is 1.76. The number of aliphatic carboxylic acids is 1. The van der Waals surface area contributed by atoms with Gasteiger partial charge in [-0.2, -0.15) is 11.8 Å². The molecule has 0 bridgehead atoms. The standard InChI is InChI=1S/C6H13NO2S/c1-7-3-5(4-10-2)6(8)9/h5,7H,3-4H2,1-2H3,(H,8,9). The van der Waals surface area contributed by atoms with Crippen LogP contribution in [0.1, 0.15) is 0 Å². The Hall–Kier alpha value is -0.220. The van der Waals surface area contributed by atoms with Crippen molar-refractivity contribution in [3.8, 4) is 0 Å². The van der Waals surface area contributed by atoms with Gasteiger partial charge in [0.25, 0.3) is 0 Å². The fourth-order valence-corrected chi connectivity index (χ4v) is 1.33. The van der Waals surface area contributed by atoms with Crippen LogP contribution in [0.3, 0.4) is 0 Å². The van der Waals surface area contributed by atoms with Crippen molar-refractivity contribution < 1.29 is 9.90 Å². The summed E-state index contributed by atoms with van der Waals surface area (Å²) in [6, 6.07) is 0. The maximum Gasteiger partial charge on any atom is 0.308 e. The van der Waals surface area contributed by atoms with Crippen LogP contribution in [0.2, 0.25) is 0 Å². The van der Waals surface area contributed by atoms with Crippen LogP contribution in [0, 0.1) is 5.92 Å². The summed E-state index contributed by atoms with van der Waals surface area (Å²) in [4.78, 5) is 10.4. The number of thioether (sulfide) groups is 1. The van der Waals surface area contributed by atoms with Crippen LogP contribution in [-0.2, 0) is 4.79 Å². The quantitative estimate of drug-likeness (QED) is 0.611. The van der Waals surface area contributed by atoms with Gasteiger partial charge in [0.1, 0.15) is 0 Å². The van der Waals surface area contributed by atoms with Crippen molar-refractivity contribution in [2.45, 2.75) is 0 Å². The molecule has 10 heavy (non-hydrogen) atoms. The molecule has 1 unspecified atom stereocenters. The molecule has 0 heterocycles. The number of rotatable bonds is 5. The van der Waals surface area contributed by atoms with Gasteiger partial charge in [-0.3, -0.25) is 4.79 Å². The van der Waals surface area contributed by atoms with Crippen LogP contribution in [0.5, 0.6) is 0 Å². The molecule has 60 valence electrons. The molecule has 0 amide bonds. The molecule has 0 saturated heterocycles. The van der Waals surface area contributed by atoms with E-state index in [0.717, 1.165) is 0 Å². The van der Waals surface area contributed by atoms with Crippen molar-refractivity contribution in [3.05, 3.63) is 0 Å². The molecule has 3 nitrogen and oxygen atoms in total. The number of carboxylic acids is 1. The Bertz CT molecular complexity index is 102. The molecule has 1 atom stereocenters. The van der Waals surface area contributed by atoms with Gasteiger partial charge in [-0.15, -0.1) is 0 Å². The predicted octanol–water partition coefficient (Wildman–Crippen LogP) is 0.270. The molecule has 2 N–H and O–H groups in total. The normalized spacial score (nSPS) is 13.0. The first-order chi connectivity index (χ1) is 4.72. The van der Waals surface area contributed by atoms with Gasteiger partial charge in [0.2, 0.25) is 0 Å². The molecule has 0 radical (unpaired) electrons. The lowest BCUT2D eigenvalue weighted by Crippen LogP contribution is -2.27. The van der Waals surface area contributed by atoms with E-state index in [-0.39, 0.29) is 5.92 Å². The van der Waals surface area contributed by atoms with E-state index >= 15 is 0 Å². The second-order valence-electron chi connectivity index (χ2n) is 2.05. The Labute approximate surface area is 65.2 Å². The summed E-state index contributed by atoms with van der Waals surface area (Å²) in [5.74, 6) is -0.292. The summed E-state index contributed by atoms with van der Waals surface area (Å²) in [6.07, 6.45) is 1.91. The van der Waals surface area contributed by atoms with E-state index < -0.39 is 5.97 Å². The highest BCUT2D eigenvalue weighted by Gasteiger charge is 2.14. The third-order valence-electron chi connectivity index (χ3n) is 1.17. The molecule has 0 aromatic heterocycles. The molecule has 0 aromatic carbocycles. The second-order valence-corrected chi connectivity index (χ2v) is 2.96. The first-order valence-corrected chi connectivity index (χ1v) is 4.48. The van der Waals surface area contributed by atoms with Crippen molar-refractivity contribution in [2.24, 2.45) is 5.92 Å². The smallest absolute Gasteiger partial charge is 0.308 e. The van der Waals surface area contributed by atoms with Crippen LogP contribution in [0.25, 0.3) is 0 Å². The monoisotopic (exact) mass is 163 g/mol. The van der Waals surface area contributed by atoms with Crippen LogP contribution in [0.15, 0.2) is 0 Å². The molecular weight excluding hydrogens is 150 g/mol. The van der Waals surface area contributed by atoms with Gasteiger partial charge in [0, 0.05) is 12.3 Å². The van der Waals surface area contributed by atoms with Crippen LogP contribution in [0.4, 0.5) is 0 Å². The SMILES string of the molecule is CNCC(CSC)C(=O)O. The zero-order valence-corrected chi connectivity index (χ0v) is 7.07. The summed E-state index contributed by atoms with van der Waals surface area (Å²) >= 11 is 1.56. The lowest BCUT2D eigenvalue weighted by Gasteiger charge is -2.08. The first kappa shape index (κ1) is 9.78. The number of carbonyl (C=O) groups is 1. The second kappa shape index (κ2) is 5.56. The Morgan fingerprint density at radius 2 is 2.40 bits per heavy atom. The van der Waals surface area contributed by atoms with Crippen molar-refractivity contribution in [2.75, 3.05) is 25.6 Å². The number of hydrogen-bond donors (Lipinski definition) is 2. The number of nitrogens with one attached hydrogen (secondary N) is 1. The van der Waals surface area contributed by atoms with Gasteiger partial charge in [-0.05, 0) is 13.3 Å². The lowest BCUT2D eigenvalue weighted by molar-refractivity contribution is -0.140. The van der Waals surface area contributed by atoms with E-state index in [9.17, 15) is 4.79 Å². The fraction of sp³-hybridized carbons (Fsp3) is 0.833. The van der Waals surface area contributed by atoms with E-state index in [0.29, 0.717) is 12.3 Å². The molecule has 0 fully saturated rings. The summed E-state index contributed by atoms with van der Waals surface area (Å²) in [6.45, 7) is 0.552. The average Bonchev–Trinajstić information content (AvgIpc) is 1.87. The molecular formula is C6H13NO2S. The van der Waals surface area contributed by atoms with Crippen molar-refractivity contribution >= 4 is 17.7 Å². The Morgan fingerprint density at radius 3 is 2.70 bits per heavy atom. The van der Waals surface area contributed by atoms with Gasteiger partial charge in [0.15, 0.2) is 0 Å². The first-order valence-electron chi connectivity index (χ1n) is 3.08. The van der Waals surface area contributed by atoms with E-state index in [1.54, 1.807) is 18.8 Å². The fourth-order valence-electron chi connectivity index (χ4n) is 0.665. The average molecular weight is 163 g/mol. The number of carboxylic acid groups (broad SMARTS) is 1. The van der Waals surface area contributed by atoms with Gasteiger partial charge in [0.05, 0.1) is 5.92 Å². The minimum atomic E-state index is -0.719. The van der Waals surface area contributed by atoms with E-state index in [2.05, 4.69) is 5.32 Å². The van der Waals surface area contributed by atoms with Crippen molar-refractivity contribution in [1.82, 2.24) is 5.32 Å². The highest BCUT2D eigenvalue weighted by atomic mass is 32.2. The molecule has 4 heteroatoms. The Kier molecular flexibility index (Phi) is 5.43. The van der Waals surface area contributed by atoms with Gasteiger partial charge >= 0.3 is 5.97 Å². The van der Waals surface area contributed by atoms with Crippen LogP contribution in [-0.4, -0.2) is 36.7 Å². The molecule has 0 aliphatic rings. The maximum absolute atomic E-state index is 10.4. The van der Waals surface area contributed by atoms with E-state index in [4.69, 9.17) is 5.11 Å². The lowest BCUT2D eigenvalue weighted by atomic mass is 10.2. The summed E-state index contributed by atoms with van der Waals surface area (Å²) in [5.41, 5.74) is 0. The summed E-state index contributed by atoms with van der Waals surface area (Å²) in [5, 5.41) is 11.4. The molecule has 0 spiro atoms. The van der Waals surface area contributed by atoms with Gasteiger partial charge < -0.3 is 10.4 Å². The van der Waals surface area contributed by atoms with Crippen LogP contribution >= 0.6 is 11.8 Å². The third-order valence-corrected chi connectivity index (χ3v) is 1.90. The molecule has 0 saturated carbocycles. The zero-order valence-electron chi connectivity index (χ0n) is 6.26. The zero-order chi connectivity index (χ0) is 7.98. The Balaban J connectivity index is 3.61. The highest BCUT2D eigenvalue weighted by Crippen LogP contribution is 2.03. The summed E-state index contributed by atoms with van der Waals surface area (Å²) < 4.78 is 0. The minimum Gasteiger partial charge on any atom is -0.481 e. The van der Waals surface area contributed by atoms with Gasteiger partial charge in [-0.25, -0.2) is 0 Å². The predicted molar refractivity (Wildman–Crippen MR) is 43.4 cm³/mol. The Morgan fingerprint density at radius 1 is 1.80 bits per heavy atom. The highest BCUT2D eigenvalue weighted by molar-refractivity contribution is 7.98. The largest absolute Gasteiger partial charge is 0.481 e.